The van der Waals surface area contributed by atoms with Gasteiger partial charge in [-0.3, -0.25) is 9.59 Å². The fraction of sp³-hybridized carbons (Fsp3) is 0.524. The molecule has 0 spiro atoms. The summed E-state index contributed by atoms with van der Waals surface area (Å²) in [5.74, 6) is 0. The first-order chi connectivity index (χ1) is 11.7. The monoisotopic (exact) mass is 323 g/mol. The van der Waals surface area contributed by atoms with Crippen LogP contribution in [0, 0.1) is 0 Å². The number of nitrogens with zero attached hydrogens (tertiary/aromatic N) is 1. The predicted octanol–water partition coefficient (Wildman–Crippen LogP) is 3.60. The van der Waals surface area contributed by atoms with Crippen LogP contribution in [0.5, 0.6) is 0 Å². The van der Waals surface area contributed by atoms with Crippen LogP contribution in [0.15, 0.2) is 27.8 Å². The third-order valence-electron chi connectivity index (χ3n) is 6.00. The average Bonchev–Trinajstić information content (AvgIpc) is 2.65. The summed E-state index contributed by atoms with van der Waals surface area (Å²) < 4.78 is 0. The number of aryl methyl sites for hydroxylation is 2. The fourth-order valence-electron chi connectivity index (χ4n) is 4.52. The van der Waals surface area contributed by atoms with Crippen molar-refractivity contribution in [3.63, 3.8) is 0 Å². The zero-order chi connectivity index (χ0) is 16.7. The summed E-state index contributed by atoms with van der Waals surface area (Å²) >= 11 is 0. The molecule has 1 fully saturated rings. The van der Waals surface area contributed by atoms with Gasteiger partial charge in [-0.2, -0.15) is 0 Å². The quantitative estimate of drug-likeness (QED) is 0.810. The highest BCUT2D eigenvalue weighted by Gasteiger charge is 2.29. The smallest absolute Gasteiger partial charge is 0.250 e. The van der Waals surface area contributed by atoms with E-state index < -0.39 is 0 Å². The number of hydrogen-bond donors (Lipinski definition) is 0. The summed E-state index contributed by atoms with van der Waals surface area (Å²) in [4.78, 5) is 26.7. The molecular weight excluding hydrogens is 298 g/mol. The van der Waals surface area contributed by atoms with Crippen molar-refractivity contribution < 1.29 is 0 Å². The van der Waals surface area contributed by atoms with Gasteiger partial charge in [0.2, 0.25) is 10.9 Å². The lowest BCUT2D eigenvalue weighted by Gasteiger charge is -2.34. The Labute approximate surface area is 143 Å². The molecule has 4 rings (SSSR count). The van der Waals surface area contributed by atoms with Crippen molar-refractivity contribution >= 4 is 5.69 Å². The second-order valence-electron chi connectivity index (χ2n) is 7.48. The lowest BCUT2D eigenvalue weighted by molar-refractivity contribution is 0.427. The van der Waals surface area contributed by atoms with Gasteiger partial charge < -0.3 is 4.90 Å². The van der Waals surface area contributed by atoms with Crippen molar-refractivity contribution in [2.24, 2.45) is 0 Å². The topological polar surface area (TPSA) is 37.4 Å². The van der Waals surface area contributed by atoms with Crippen LogP contribution >= 0.6 is 0 Å². The molecule has 0 N–H and O–H groups in total. The maximum Gasteiger partial charge on any atom is 0.250 e. The van der Waals surface area contributed by atoms with E-state index in [0.29, 0.717) is 17.3 Å². The molecule has 0 saturated heterocycles. The molecule has 2 aliphatic carbocycles. The molecule has 3 nitrogen and oxygen atoms in total. The van der Waals surface area contributed by atoms with E-state index in [2.05, 4.69) is 17.0 Å². The van der Waals surface area contributed by atoms with Crippen molar-refractivity contribution in [3.8, 4) is 11.1 Å². The summed E-state index contributed by atoms with van der Waals surface area (Å²) in [6, 6.07) is 6.76. The predicted molar refractivity (Wildman–Crippen MR) is 98.7 cm³/mol. The third-order valence-corrected chi connectivity index (χ3v) is 6.00. The van der Waals surface area contributed by atoms with Gasteiger partial charge in [0.15, 0.2) is 0 Å². The Morgan fingerprint density at radius 1 is 0.875 bits per heavy atom. The number of benzene rings is 1. The Morgan fingerprint density at radius 2 is 1.58 bits per heavy atom. The largest absolute Gasteiger partial charge is 0.368 e. The molecule has 24 heavy (non-hydrogen) atoms. The van der Waals surface area contributed by atoms with Gasteiger partial charge in [-0.05, 0) is 55.2 Å². The van der Waals surface area contributed by atoms with Crippen LogP contribution in [0.2, 0.25) is 0 Å². The highest BCUT2D eigenvalue weighted by Crippen LogP contribution is 2.33. The summed E-state index contributed by atoms with van der Waals surface area (Å²) in [6.45, 7) is 0. The molecule has 2 aromatic carbocycles. The van der Waals surface area contributed by atoms with Gasteiger partial charge in [-0.1, -0.05) is 37.5 Å². The molecule has 0 radical (unpaired) electrons. The van der Waals surface area contributed by atoms with Crippen LogP contribution in [0.4, 0.5) is 5.69 Å². The van der Waals surface area contributed by atoms with E-state index in [-0.39, 0.29) is 10.9 Å². The normalized spacial score (nSPS) is 18.5. The van der Waals surface area contributed by atoms with Crippen molar-refractivity contribution in [1.82, 2.24) is 0 Å². The molecule has 0 heterocycles. The second-order valence-corrected chi connectivity index (χ2v) is 7.48. The summed E-state index contributed by atoms with van der Waals surface area (Å²) in [5.41, 5.74) is 4.42. The minimum atomic E-state index is -0.302. The molecule has 3 heteroatoms. The zero-order valence-corrected chi connectivity index (χ0v) is 14.4. The molecule has 0 bridgehead atoms. The van der Waals surface area contributed by atoms with Crippen molar-refractivity contribution in [3.05, 3.63) is 49.8 Å². The fourth-order valence-corrected chi connectivity index (χ4v) is 4.52. The first-order valence-electron chi connectivity index (χ1n) is 9.35. The maximum atomic E-state index is 12.3. The van der Waals surface area contributed by atoms with E-state index in [1.807, 2.05) is 13.1 Å². The number of rotatable bonds is 3. The van der Waals surface area contributed by atoms with Crippen molar-refractivity contribution in [2.45, 2.75) is 63.8 Å². The maximum absolute atomic E-state index is 12.3. The molecule has 0 unspecified atom stereocenters. The van der Waals surface area contributed by atoms with E-state index in [1.165, 1.54) is 43.2 Å². The van der Waals surface area contributed by atoms with Gasteiger partial charge in [0.1, 0.15) is 5.69 Å². The van der Waals surface area contributed by atoms with Crippen LogP contribution in [-0.2, 0) is 12.8 Å². The highest BCUT2D eigenvalue weighted by molar-refractivity contribution is 5.83. The van der Waals surface area contributed by atoms with Gasteiger partial charge in [0.05, 0.1) is 5.56 Å². The molecule has 126 valence electrons. The van der Waals surface area contributed by atoms with Gasteiger partial charge in [-0.25, -0.2) is 0 Å². The van der Waals surface area contributed by atoms with Crippen LogP contribution in [-0.4, -0.2) is 13.1 Å². The zero-order valence-electron chi connectivity index (χ0n) is 14.4. The van der Waals surface area contributed by atoms with Gasteiger partial charge in [-0.15, -0.1) is 0 Å². The first-order valence-corrected chi connectivity index (χ1v) is 9.35. The van der Waals surface area contributed by atoms with Crippen LogP contribution in [0.3, 0.4) is 0 Å². The summed E-state index contributed by atoms with van der Waals surface area (Å²) in [7, 11) is 1.99. The molecule has 1 saturated carbocycles. The van der Waals surface area contributed by atoms with E-state index in [9.17, 15) is 9.59 Å². The number of anilines is 1. The first kappa shape index (κ1) is 15.6. The Kier molecular flexibility index (Phi) is 4.03. The molecule has 2 aliphatic rings. The van der Waals surface area contributed by atoms with Crippen LogP contribution < -0.4 is 15.8 Å². The standard InChI is InChI=1S/C21H25NO2/c1-22(17-9-3-2-4-10-17)19-18(20(23)21(19)24)16-12-11-14-7-5-6-8-15(14)13-16/h11-13,17H,2-10H2,1H3. The van der Waals surface area contributed by atoms with E-state index in [0.717, 1.165) is 31.2 Å². The number of hydrogen-bond acceptors (Lipinski definition) is 3. The molecular formula is C21H25NO2. The Hall–Kier alpha value is -1.90. The highest BCUT2D eigenvalue weighted by atomic mass is 16.2. The van der Waals surface area contributed by atoms with Gasteiger partial charge in [0.25, 0.3) is 0 Å². The van der Waals surface area contributed by atoms with Crippen molar-refractivity contribution in [2.75, 3.05) is 11.9 Å². The molecule has 0 aliphatic heterocycles. The van der Waals surface area contributed by atoms with E-state index in [4.69, 9.17) is 0 Å². The summed E-state index contributed by atoms with van der Waals surface area (Å²) in [5, 5.41) is 0. The number of fused-ring (bicyclic) bond motifs is 1. The Bertz CT molecular complexity index is 823. The van der Waals surface area contributed by atoms with Gasteiger partial charge in [0, 0.05) is 13.1 Å². The Balaban J connectivity index is 1.70. The lowest BCUT2D eigenvalue weighted by Crippen LogP contribution is -2.45. The molecule has 2 aromatic rings. The van der Waals surface area contributed by atoms with Crippen LogP contribution in [0.1, 0.15) is 56.1 Å². The molecule has 0 amide bonds. The van der Waals surface area contributed by atoms with E-state index in [1.54, 1.807) is 0 Å². The molecule has 0 aromatic heterocycles. The SMILES string of the molecule is CN(c1c(-c2ccc3c(c2)CCCC3)c(=O)c1=O)C1CCCCC1. The average molecular weight is 323 g/mol. The lowest BCUT2D eigenvalue weighted by atomic mass is 9.87. The summed E-state index contributed by atoms with van der Waals surface area (Å²) in [6.07, 6.45) is 10.7. The molecule has 0 atom stereocenters. The van der Waals surface area contributed by atoms with E-state index >= 15 is 0 Å². The third kappa shape index (κ3) is 2.51. The minimum absolute atomic E-state index is 0.296. The van der Waals surface area contributed by atoms with Gasteiger partial charge >= 0.3 is 0 Å². The second kappa shape index (κ2) is 6.19. The Morgan fingerprint density at radius 3 is 2.33 bits per heavy atom. The minimum Gasteiger partial charge on any atom is -0.368 e. The van der Waals surface area contributed by atoms with Crippen LogP contribution in [0.25, 0.3) is 11.1 Å². The van der Waals surface area contributed by atoms with Crippen molar-refractivity contribution in [1.29, 1.82) is 0 Å².